The predicted molar refractivity (Wildman–Crippen MR) is 79.3 cm³/mol. The van der Waals surface area contributed by atoms with E-state index in [0.717, 1.165) is 19.0 Å². The number of nitrogens with two attached hydrogens (primary N) is 1. The van der Waals surface area contributed by atoms with Gasteiger partial charge in [-0.25, -0.2) is 0 Å². The fourth-order valence-electron chi connectivity index (χ4n) is 3.52. The van der Waals surface area contributed by atoms with Gasteiger partial charge in [-0.15, -0.1) is 0 Å². The van der Waals surface area contributed by atoms with Gasteiger partial charge < -0.3 is 10.5 Å². The molecule has 0 amide bonds. The molecular weight excluding hydrogens is 238 g/mol. The van der Waals surface area contributed by atoms with Gasteiger partial charge in [-0.2, -0.15) is 0 Å². The monoisotopic (exact) mass is 269 g/mol. The number of ether oxygens (including phenoxy) is 1. The Morgan fingerprint density at radius 2 is 1.95 bits per heavy atom. The molecule has 0 aromatic rings. The average Bonchev–Trinajstić information content (AvgIpc) is 3.06. The van der Waals surface area contributed by atoms with Crippen LogP contribution in [-0.2, 0) is 4.74 Å². The lowest BCUT2D eigenvalue weighted by molar-refractivity contribution is -0.00547. The van der Waals surface area contributed by atoms with Gasteiger partial charge in [0.05, 0.1) is 5.60 Å². The van der Waals surface area contributed by atoms with E-state index in [0.29, 0.717) is 6.04 Å². The molecular formula is C15H31N3O. The topological polar surface area (TPSA) is 41.7 Å². The van der Waals surface area contributed by atoms with Crippen molar-refractivity contribution >= 4 is 0 Å². The fourth-order valence-corrected chi connectivity index (χ4v) is 3.52. The van der Waals surface area contributed by atoms with Crippen LogP contribution < -0.4 is 5.73 Å². The third-order valence-electron chi connectivity index (χ3n) is 4.92. The van der Waals surface area contributed by atoms with Gasteiger partial charge in [-0.05, 0) is 52.6 Å². The first-order chi connectivity index (χ1) is 9.05. The zero-order valence-corrected chi connectivity index (χ0v) is 12.9. The molecule has 0 bridgehead atoms. The van der Waals surface area contributed by atoms with E-state index in [1.807, 2.05) is 0 Å². The van der Waals surface area contributed by atoms with Gasteiger partial charge in [0.2, 0.25) is 0 Å². The Kier molecular flexibility index (Phi) is 5.23. The maximum Gasteiger partial charge on any atom is 0.0638 e. The fraction of sp³-hybridized carbons (Fsp3) is 1.00. The van der Waals surface area contributed by atoms with Crippen molar-refractivity contribution in [2.75, 3.05) is 39.8 Å². The van der Waals surface area contributed by atoms with Crippen molar-refractivity contribution in [1.29, 1.82) is 0 Å². The van der Waals surface area contributed by atoms with Gasteiger partial charge in [0, 0.05) is 38.8 Å². The van der Waals surface area contributed by atoms with Gasteiger partial charge in [-0.1, -0.05) is 0 Å². The van der Waals surface area contributed by atoms with E-state index >= 15 is 0 Å². The Morgan fingerprint density at radius 3 is 2.53 bits per heavy atom. The highest BCUT2D eigenvalue weighted by atomic mass is 16.5. The molecule has 2 N–H and O–H groups in total. The first-order valence-corrected chi connectivity index (χ1v) is 7.79. The van der Waals surface area contributed by atoms with E-state index in [-0.39, 0.29) is 5.60 Å². The van der Waals surface area contributed by atoms with Gasteiger partial charge >= 0.3 is 0 Å². The Morgan fingerprint density at radius 1 is 1.26 bits per heavy atom. The summed E-state index contributed by atoms with van der Waals surface area (Å²) in [5, 5.41) is 0. The summed E-state index contributed by atoms with van der Waals surface area (Å²) in [6, 6.07) is 1.23. The van der Waals surface area contributed by atoms with Crippen LogP contribution in [0.25, 0.3) is 0 Å². The van der Waals surface area contributed by atoms with E-state index in [9.17, 15) is 0 Å². The van der Waals surface area contributed by atoms with Gasteiger partial charge in [0.25, 0.3) is 0 Å². The lowest BCUT2D eigenvalue weighted by Gasteiger charge is -2.34. The minimum Gasteiger partial charge on any atom is -0.379 e. The molecule has 0 spiro atoms. The van der Waals surface area contributed by atoms with Gasteiger partial charge in [-0.3, -0.25) is 9.80 Å². The number of hydrogen-bond donors (Lipinski definition) is 1. The first-order valence-electron chi connectivity index (χ1n) is 7.79. The van der Waals surface area contributed by atoms with E-state index in [1.165, 1.54) is 45.4 Å². The lowest BCUT2D eigenvalue weighted by atomic mass is 9.98. The van der Waals surface area contributed by atoms with Crippen LogP contribution in [0.2, 0.25) is 0 Å². The van der Waals surface area contributed by atoms with Crippen molar-refractivity contribution in [2.24, 2.45) is 5.73 Å². The summed E-state index contributed by atoms with van der Waals surface area (Å²) in [6.07, 6.45) is 5.09. The van der Waals surface area contributed by atoms with Crippen LogP contribution in [0.5, 0.6) is 0 Å². The molecule has 0 aliphatic carbocycles. The number of hydrogen-bond acceptors (Lipinski definition) is 4. The molecule has 2 atom stereocenters. The summed E-state index contributed by atoms with van der Waals surface area (Å²) < 4.78 is 5.56. The minimum atomic E-state index is -0.0736. The highest BCUT2D eigenvalue weighted by Gasteiger charge is 2.34. The second-order valence-corrected chi connectivity index (χ2v) is 6.74. The molecule has 19 heavy (non-hydrogen) atoms. The van der Waals surface area contributed by atoms with Crippen LogP contribution in [-0.4, -0.2) is 67.3 Å². The van der Waals surface area contributed by atoms with Crippen LogP contribution in [0, 0.1) is 0 Å². The molecule has 0 saturated carbocycles. The number of likely N-dealkylation sites (tertiary alicyclic amines) is 2. The molecule has 4 nitrogen and oxygen atoms in total. The SMILES string of the molecule is COC(C)(C)CC(CN)N1CCC(N2CCCC2)C1. The summed E-state index contributed by atoms with van der Waals surface area (Å²) in [4.78, 5) is 5.26. The molecule has 112 valence electrons. The second kappa shape index (κ2) is 6.53. The van der Waals surface area contributed by atoms with E-state index in [1.54, 1.807) is 7.11 Å². The largest absolute Gasteiger partial charge is 0.379 e. The number of nitrogens with zero attached hydrogens (tertiary/aromatic N) is 2. The third kappa shape index (κ3) is 3.91. The Hall–Kier alpha value is -0.160. The molecule has 2 saturated heterocycles. The Bertz CT molecular complexity index is 277. The summed E-state index contributed by atoms with van der Waals surface area (Å²) in [5.74, 6) is 0. The molecule has 0 aromatic heterocycles. The van der Waals surface area contributed by atoms with Crippen LogP contribution in [0.15, 0.2) is 0 Å². The van der Waals surface area contributed by atoms with Gasteiger partial charge in [0.15, 0.2) is 0 Å². The zero-order chi connectivity index (χ0) is 13.9. The highest BCUT2D eigenvalue weighted by molar-refractivity contribution is 4.91. The van der Waals surface area contributed by atoms with E-state index < -0.39 is 0 Å². The van der Waals surface area contributed by atoms with Crippen LogP contribution >= 0.6 is 0 Å². The quantitative estimate of drug-likeness (QED) is 0.789. The Balaban J connectivity index is 1.86. The maximum absolute atomic E-state index is 6.00. The zero-order valence-electron chi connectivity index (χ0n) is 12.9. The number of rotatable bonds is 6. The molecule has 2 aliphatic rings. The molecule has 0 radical (unpaired) electrons. The third-order valence-corrected chi connectivity index (χ3v) is 4.92. The molecule has 2 aliphatic heterocycles. The van der Waals surface area contributed by atoms with Crippen LogP contribution in [0.1, 0.15) is 39.5 Å². The molecule has 4 heteroatoms. The normalized spacial score (nSPS) is 28.1. The molecule has 2 rings (SSSR count). The first kappa shape index (κ1) is 15.2. The lowest BCUT2D eigenvalue weighted by Crippen LogP contribution is -2.45. The smallest absolute Gasteiger partial charge is 0.0638 e. The minimum absolute atomic E-state index is 0.0736. The second-order valence-electron chi connectivity index (χ2n) is 6.74. The standard InChI is InChI=1S/C15H31N3O/c1-15(2,19-3)10-14(11-16)18-9-6-13(12-18)17-7-4-5-8-17/h13-14H,4-12,16H2,1-3H3. The van der Waals surface area contributed by atoms with Gasteiger partial charge in [0.1, 0.15) is 0 Å². The summed E-state index contributed by atoms with van der Waals surface area (Å²) in [7, 11) is 1.80. The summed E-state index contributed by atoms with van der Waals surface area (Å²) >= 11 is 0. The van der Waals surface area contributed by atoms with E-state index in [4.69, 9.17) is 10.5 Å². The molecule has 2 fully saturated rings. The van der Waals surface area contributed by atoms with Crippen molar-refractivity contribution in [3.8, 4) is 0 Å². The van der Waals surface area contributed by atoms with Crippen LogP contribution in [0.4, 0.5) is 0 Å². The Labute approximate surface area is 118 Å². The summed E-state index contributed by atoms with van der Waals surface area (Å²) in [5.41, 5.74) is 5.93. The van der Waals surface area contributed by atoms with Crippen molar-refractivity contribution in [2.45, 2.75) is 57.2 Å². The van der Waals surface area contributed by atoms with Crippen molar-refractivity contribution in [3.63, 3.8) is 0 Å². The van der Waals surface area contributed by atoms with Crippen molar-refractivity contribution < 1.29 is 4.74 Å². The maximum atomic E-state index is 6.00. The number of methoxy groups -OCH3 is 1. The van der Waals surface area contributed by atoms with E-state index in [2.05, 4.69) is 23.6 Å². The molecule has 2 heterocycles. The summed E-state index contributed by atoms with van der Waals surface area (Å²) in [6.45, 7) is 10.0. The van der Waals surface area contributed by atoms with Crippen molar-refractivity contribution in [3.05, 3.63) is 0 Å². The highest BCUT2D eigenvalue weighted by Crippen LogP contribution is 2.25. The predicted octanol–water partition coefficient (Wildman–Crippen LogP) is 1.30. The van der Waals surface area contributed by atoms with Crippen LogP contribution in [0.3, 0.4) is 0 Å². The molecule has 2 unspecified atom stereocenters. The molecule has 0 aromatic carbocycles. The average molecular weight is 269 g/mol. The van der Waals surface area contributed by atoms with Crippen molar-refractivity contribution in [1.82, 2.24) is 9.80 Å².